The quantitative estimate of drug-likeness (QED) is 0.876. The molecule has 3 heteroatoms. The molecule has 19 heavy (non-hydrogen) atoms. The number of para-hydroxylation sites is 1. The largest absolute Gasteiger partial charge is 0.383 e. The first-order chi connectivity index (χ1) is 9.11. The molecule has 2 rings (SSSR count). The first-order valence-corrected chi connectivity index (χ1v) is 6.56. The lowest BCUT2D eigenvalue weighted by atomic mass is 9.88. The van der Waals surface area contributed by atoms with Gasteiger partial charge in [-0.15, -0.1) is 0 Å². The number of benzene rings is 1. The lowest BCUT2D eigenvalue weighted by Gasteiger charge is -2.24. The van der Waals surface area contributed by atoms with E-state index in [9.17, 15) is 0 Å². The Morgan fingerprint density at radius 1 is 1.32 bits per heavy atom. The number of aromatic nitrogens is 1. The Morgan fingerprint density at radius 2 is 2.11 bits per heavy atom. The summed E-state index contributed by atoms with van der Waals surface area (Å²) in [4.78, 5) is 4.43. The van der Waals surface area contributed by atoms with Gasteiger partial charge in [-0.25, -0.2) is 0 Å². The minimum absolute atomic E-state index is 0.112. The van der Waals surface area contributed by atoms with E-state index in [1.54, 1.807) is 0 Å². The normalized spacial score (nSPS) is 11.2. The Labute approximate surface area is 114 Å². The molecule has 1 aromatic heterocycles. The van der Waals surface area contributed by atoms with Gasteiger partial charge in [-0.3, -0.25) is 4.98 Å². The Balaban J connectivity index is 2.03. The van der Waals surface area contributed by atoms with Gasteiger partial charge < -0.3 is 5.32 Å². The Hall–Kier alpha value is -2.08. The minimum atomic E-state index is 0.112. The zero-order valence-electron chi connectivity index (χ0n) is 11.5. The van der Waals surface area contributed by atoms with Gasteiger partial charge in [0.25, 0.3) is 0 Å². The Bertz CT molecular complexity index is 596. The fourth-order valence-corrected chi connectivity index (χ4v) is 1.99. The van der Waals surface area contributed by atoms with Crippen molar-refractivity contribution in [2.45, 2.75) is 26.7 Å². The highest BCUT2D eigenvalue weighted by molar-refractivity contribution is 5.81. The minimum Gasteiger partial charge on any atom is -0.383 e. The number of nitriles is 1. The van der Waals surface area contributed by atoms with Crippen LogP contribution in [0.15, 0.2) is 36.5 Å². The van der Waals surface area contributed by atoms with Crippen molar-refractivity contribution in [2.24, 2.45) is 5.41 Å². The molecule has 0 amide bonds. The molecule has 0 aliphatic carbocycles. The highest BCUT2D eigenvalue weighted by Crippen LogP contribution is 2.23. The Morgan fingerprint density at radius 3 is 2.89 bits per heavy atom. The van der Waals surface area contributed by atoms with Gasteiger partial charge in [-0.2, -0.15) is 5.26 Å². The topological polar surface area (TPSA) is 48.7 Å². The highest BCUT2D eigenvalue weighted by Gasteiger charge is 2.17. The summed E-state index contributed by atoms with van der Waals surface area (Å²) in [6, 6.07) is 12.4. The molecule has 98 valence electrons. The predicted molar refractivity (Wildman–Crippen MR) is 78.9 cm³/mol. The van der Waals surface area contributed by atoms with Crippen molar-refractivity contribution in [1.82, 2.24) is 4.98 Å². The van der Waals surface area contributed by atoms with Gasteiger partial charge in [0.2, 0.25) is 0 Å². The summed E-state index contributed by atoms with van der Waals surface area (Å²) >= 11 is 0. The SMILES string of the molecule is CC(C)(CCC#N)CNc1cnc2ccccc2c1. The monoisotopic (exact) mass is 253 g/mol. The molecule has 0 fully saturated rings. The van der Waals surface area contributed by atoms with Crippen LogP contribution < -0.4 is 5.32 Å². The molecule has 0 saturated heterocycles. The summed E-state index contributed by atoms with van der Waals surface area (Å²) in [5.74, 6) is 0. The molecule has 1 N–H and O–H groups in total. The molecule has 0 unspecified atom stereocenters. The molecule has 0 aliphatic heterocycles. The van der Waals surface area contributed by atoms with Crippen molar-refractivity contribution in [3.63, 3.8) is 0 Å². The fourth-order valence-electron chi connectivity index (χ4n) is 1.99. The molecule has 3 nitrogen and oxygen atoms in total. The van der Waals surface area contributed by atoms with E-state index in [0.717, 1.165) is 29.6 Å². The van der Waals surface area contributed by atoms with Gasteiger partial charge in [0, 0.05) is 18.4 Å². The molecule has 1 aromatic carbocycles. The van der Waals surface area contributed by atoms with Crippen LogP contribution in [0.5, 0.6) is 0 Å². The average Bonchev–Trinajstić information content (AvgIpc) is 2.43. The van der Waals surface area contributed by atoms with Crippen molar-refractivity contribution < 1.29 is 0 Å². The van der Waals surface area contributed by atoms with Crippen LogP contribution in [0.2, 0.25) is 0 Å². The Kier molecular flexibility index (Phi) is 4.01. The van der Waals surface area contributed by atoms with E-state index in [2.05, 4.69) is 42.4 Å². The molecule has 0 spiro atoms. The van der Waals surface area contributed by atoms with Gasteiger partial charge >= 0.3 is 0 Å². The van der Waals surface area contributed by atoms with E-state index in [-0.39, 0.29) is 5.41 Å². The maximum atomic E-state index is 8.65. The standard InChI is InChI=1S/C16H19N3/c1-16(2,8-5-9-17)12-19-14-10-13-6-3-4-7-15(13)18-11-14/h3-4,6-7,10-11,19H,5,8,12H2,1-2H3. The van der Waals surface area contributed by atoms with Crippen LogP contribution in [0.1, 0.15) is 26.7 Å². The van der Waals surface area contributed by atoms with Crippen molar-refractivity contribution in [1.29, 1.82) is 5.26 Å². The number of anilines is 1. The fraction of sp³-hybridized carbons (Fsp3) is 0.375. The molecular weight excluding hydrogens is 234 g/mol. The zero-order valence-corrected chi connectivity index (χ0v) is 11.5. The van der Waals surface area contributed by atoms with E-state index in [1.165, 1.54) is 0 Å². The predicted octanol–water partition coefficient (Wildman–Crippen LogP) is 3.98. The van der Waals surface area contributed by atoms with Gasteiger partial charge in [-0.1, -0.05) is 32.0 Å². The first-order valence-electron chi connectivity index (χ1n) is 6.56. The lowest BCUT2D eigenvalue weighted by Crippen LogP contribution is -2.22. The summed E-state index contributed by atoms with van der Waals surface area (Å²) in [5, 5.41) is 13.2. The van der Waals surface area contributed by atoms with Crippen molar-refractivity contribution in [3.8, 4) is 6.07 Å². The number of rotatable bonds is 5. The highest BCUT2D eigenvalue weighted by atomic mass is 14.9. The van der Waals surface area contributed by atoms with E-state index in [1.807, 2.05) is 24.4 Å². The number of pyridine rings is 1. The molecule has 0 bridgehead atoms. The van der Waals surface area contributed by atoms with Crippen LogP contribution in [0.3, 0.4) is 0 Å². The average molecular weight is 253 g/mol. The summed E-state index contributed by atoms with van der Waals surface area (Å²) < 4.78 is 0. The van der Waals surface area contributed by atoms with Crippen molar-refractivity contribution in [2.75, 3.05) is 11.9 Å². The smallest absolute Gasteiger partial charge is 0.0703 e. The van der Waals surface area contributed by atoms with E-state index < -0.39 is 0 Å². The summed E-state index contributed by atoms with van der Waals surface area (Å²) in [6.45, 7) is 5.19. The van der Waals surface area contributed by atoms with Crippen LogP contribution >= 0.6 is 0 Å². The lowest BCUT2D eigenvalue weighted by molar-refractivity contribution is 0.364. The van der Waals surface area contributed by atoms with Crippen LogP contribution in [-0.2, 0) is 0 Å². The number of nitrogens with one attached hydrogen (secondary N) is 1. The number of hydrogen-bond acceptors (Lipinski definition) is 3. The maximum absolute atomic E-state index is 8.65. The zero-order chi connectivity index (χ0) is 13.7. The van der Waals surface area contributed by atoms with E-state index in [4.69, 9.17) is 5.26 Å². The third kappa shape index (κ3) is 3.69. The first kappa shape index (κ1) is 13.4. The second-order valence-corrected chi connectivity index (χ2v) is 5.59. The number of fused-ring (bicyclic) bond motifs is 1. The summed E-state index contributed by atoms with van der Waals surface area (Å²) in [7, 11) is 0. The molecule has 2 aromatic rings. The van der Waals surface area contributed by atoms with E-state index in [0.29, 0.717) is 6.42 Å². The second-order valence-electron chi connectivity index (χ2n) is 5.59. The third-order valence-electron chi connectivity index (χ3n) is 3.28. The van der Waals surface area contributed by atoms with Crippen molar-refractivity contribution in [3.05, 3.63) is 36.5 Å². The summed E-state index contributed by atoms with van der Waals surface area (Å²) in [5.41, 5.74) is 2.15. The van der Waals surface area contributed by atoms with Crippen molar-refractivity contribution >= 4 is 16.6 Å². The summed E-state index contributed by atoms with van der Waals surface area (Å²) in [6.07, 6.45) is 3.37. The third-order valence-corrected chi connectivity index (χ3v) is 3.28. The van der Waals surface area contributed by atoms with Gasteiger partial charge in [0.1, 0.15) is 0 Å². The molecular formula is C16H19N3. The molecule has 1 heterocycles. The molecule has 0 saturated carbocycles. The van der Waals surface area contributed by atoms with Gasteiger partial charge in [0.15, 0.2) is 0 Å². The number of hydrogen-bond donors (Lipinski definition) is 1. The molecule has 0 aliphatic rings. The van der Waals surface area contributed by atoms with Gasteiger partial charge in [0.05, 0.1) is 23.5 Å². The number of nitrogens with zero attached hydrogens (tertiary/aromatic N) is 2. The van der Waals surface area contributed by atoms with Crippen LogP contribution in [0, 0.1) is 16.7 Å². The molecule has 0 atom stereocenters. The molecule has 0 radical (unpaired) electrons. The maximum Gasteiger partial charge on any atom is 0.0703 e. The van der Waals surface area contributed by atoms with Crippen LogP contribution in [0.25, 0.3) is 10.9 Å². The van der Waals surface area contributed by atoms with Crippen LogP contribution in [-0.4, -0.2) is 11.5 Å². The van der Waals surface area contributed by atoms with Gasteiger partial charge in [-0.05, 0) is 24.0 Å². The second kappa shape index (κ2) is 5.71. The van der Waals surface area contributed by atoms with Crippen LogP contribution in [0.4, 0.5) is 5.69 Å². The van der Waals surface area contributed by atoms with E-state index >= 15 is 0 Å².